The van der Waals surface area contributed by atoms with Crippen molar-refractivity contribution in [3.63, 3.8) is 0 Å². The first-order valence-electron chi connectivity index (χ1n) is 4.76. The van der Waals surface area contributed by atoms with Crippen LogP contribution in [0.1, 0.15) is 26.3 Å². The Balaban J connectivity index is 2.40. The summed E-state index contributed by atoms with van der Waals surface area (Å²) in [5.74, 6) is 0. The van der Waals surface area contributed by atoms with Crippen molar-refractivity contribution in [1.82, 2.24) is 4.31 Å². The molecule has 0 radical (unpaired) electrons. The molecule has 0 aromatic heterocycles. The van der Waals surface area contributed by atoms with Crippen molar-refractivity contribution in [3.8, 4) is 0 Å². The predicted octanol–water partition coefficient (Wildman–Crippen LogP) is 3.78. The van der Waals surface area contributed by atoms with Crippen molar-refractivity contribution < 1.29 is 0 Å². The highest BCUT2D eigenvalue weighted by atomic mass is 32.2. The van der Waals surface area contributed by atoms with Crippen molar-refractivity contribution >= 4 is 17.6 Å². The molecule has 1 nitrogen and oxygen atoms in total. The Morgan fingerprint density at radius 1 is 1.21 bits per heavy atom. The van der Waals surface area contributed by atoms with Crippen molar-refractivity contribution in [2.24, 2.45) is 0 Å². The van der Waals surface area contributed by atoms with E-state index in [0.717, 1.165) is 5.70 Å². The van der Waals surface area contributed by atoms with Gasteiger partial charge in [0.25, 0.3) is 0 Å². The molecule has 2 rings (SSSR count). The zero-order valence-corrected chi connectivity index (χ0v) is 9.69. The van der Waals surface area contributed by atoms with E-state index in [0.29, 0.717) is 0 Å². The fourth-order valence-electron chi connectivity index (χ4n) is 1.59. The maximum absolute atomic E-state index is 4.15. The largest absolute Gasteiger partial charge is 0.307 e. The Morgan fingerprint density at radius 3 is 2.43 bits per heavy atom. The summed E-state index contributed by atoms with van der Waals surface area (Å²) in [4.78, 5) is 1.31. The molecule has 2 heteroatoms. The molecular weight excluding hydrogens is 190 g/mol. The minimum absolute atomic E-state index is 0.126. The van der Waals surface area contributed by atoms with Crippen molar-refractivity contribution in [1.29, 1.82) is 0 Å². The first-order chi connectivity index (χ1) is 6.50. The number of nitrogens with zero attached hydrogens (tertiary/aromatic N) is 1. The monoisotopic (exact) mass is 205 g/mol. The van der Waals surface area contributed by atoms with Crippen LogP contribution in [0.25, 0.3) is 5.70 Å². The van der Waals surface area contributed by atoms with Crippen LogP contribution in [0.3, 0.4) is 0 Å². The standard InChI is InChI=1S/C12H15NS/c1-9-10-7-5-6-8-11(10)14-13(9)12(2,3)4/h5-8H,1H2,2-4H3. The highest BCUT2D eigenvalue weighted by Crippen LogP contribution is 2.46. The normalized spacial score (nSPS) is 15.9. The van der Waals surface area contributed by atoms with Crippen LogP contribution in [0, 0.1) is 0 Å². The van der Waals surface area contributed by atoms with E-state index in [1.54, 1.807) is 11.9 Å². The van der Waals surface area contributed by atoms with Gasteiger partial charge in [0.15, 0.2) is 0 Å². The Morgan fingerprint density at radius 2 is 1.86 bits per heavy atom. The third-order valence-corrected chi connectivity index (χ3v) is 3.75. The third kappa shape index (κ3) is 1.44. The van der Waals surface area contributed by atoms with E-state index in [9.17, 15) is 0 Å². The fraction of sp³-hybridized carbons (Fsp3) is 0.333. The van der Waals surface area contributed by atoms with Gasteiger partial charge in [0.1, 0.15) is 0 Å². The van der Waals surface area contributed by atoms with Gasteiger partial charge in [0, 0.05) is 21.7 Å². The molecule has 0 aliphatic carbocycles. The van der Waals surface area contributed by atoms with Crippen LogP contribution >= 0.6 is 11.9 Å². The molecule has 0 fully saturated rings. The minimum atomic E-state index is 0.126. The average Bonchev–Trinajstić information content (AvgIpc) is 2.44. The van der Waals surface area contributed by atoms with Gasteiger partial charge in [0.05, 0.1) is 0 Å². The predicted molar refractivity (Wildman–Crippen MR) is 62.9 cm³/mol. The second kappa shape index (κ2) is 3.06. The molecule has 0 bridgehead atoms. The minimum Gasteiger partial charge on any atom is -0.307 e. The highest BCUT2D eigenvalue weighted by Gasteiger charge is 2.31. The number of benzene rings is 1. The molecule has 0 saturated carbocycles. The van der Waals surface area contributed by atoms with Crippen LogP contribution in [-0.4, -0.2) is 9.84 Å². The zero-order valence-electron chi connectivity index (χ0n) is 8.87. The van der Waals surface area contributed by atoms with Crippen LogP contribution in [0.4, 0.5) is 0 Å². The molecule has 0 unspecified atom stereocenters. The van der Waals surface area contributed by atoms with Gasteiger partial charge in [0.2, 0.25) is 0 Å². The van der Waals surface area contributed by atoms with E-state index in [1.165, 1.54) is 10.5 Å². The Kier molecular flexibility index (Phi) is 2.11. The summed E-state index contributed by atoms with van der Waals surface area (Å²) in [5.41, 5.74) is 2.52. The second-order valence-corrected chi connectivity index (χ2v) is 5.49. The van der Waals surface area contributed by atoms with Crippen LogP contribution in [0.2, 0.25) is 0 Å². The summed E-state index contributed by atoms with van der Waals surface area (Å²) in [6, 6.07) is 8.43. The molecular formula is C12H15NS. The number of hydrogen-bond acceptors (Lipinski definition) is 2. The van der Waals surface area contributed by atoms with Crippen LogP contribution in [0.5, 0.6) is 0 Å². The highest BCUT2D eigenvalue weighted by molar-refractivity contribution is 7.97. The van der Waals surface area contributed by atoms with Gasteiger partial charge >= 0.3 is 0 Å². The van der Waals surface area contributed by atoms with E-state index in [-0.39, 0.29) is 5.54 Å². The molecule has 0 atom stereocenters. The summed E-state index contributed by atoms with van der Waals surface area (Å²) >= 11 is 1.78. The summed E-state index contributed by atoms with van der Waals surface area (Å²) in [6.45, 7) is 10.8. The van der Waals surface area contributed by atoms with Gasteiger partial charge in [-0.05, 0) is 38.8 Å². The van der Waals surface area contributed by atoms with E-state index in [4.69, 9.17) is 0 Å². The fourth-order valence-corrected chi connectivity index (χ4v) is 2.69. The second-order valence-electron chi connectivity index (χ2n) is 4.50. The lowest BCUT2D eigenvalue weighted by Gasteiger charge is -2.32. The Labute approximate surface area is 89.9 Å². The first-order valence-corrected chi connectivity index (χ1v) is 5.54. The zero-order chi connectivity index (χ0) is 10.3. The van der Waals surface area contributed by atoms with E-state index in [2.05, 4.69) is 55.9 Å². The molecule has 0 spiro atoms. The van der Waals surface area contributed by atoms with Crippen LogP contribution in [0.15, 0.2) is 35.7 Å². The Bertz CT molecular complexity index is 376. The summed E-state index contributed by atoms with van der Waals surface area (Å²) in [7, 11) is 0. The lowest BCUT2D eigenvalue weighted by molar-refractivity contribution is 0.368. The summed E-state index contributed by atoms with van der Waals surface area (Å²) < 4.78 is 2.28. The van der Waals surface area contributed by atoms with Crippen molar-refractivity contribution in [2.45, 2.75) is 31.2 Å². The van der Waals surface area contributed by atoms with E-state index in [1.807, 2.05) is 0 Å². The van der Waals surface area contributed by atoms with Gasteiger partial charge in [-0.15, -0.1) is 0 Å². The molecule has 1 aromatic carbocycles. The quantitative estimate of drug-likeness (QED) is 0.593. The molecule has 14 heavy (non-hydrogen) atoms. The van der Waals surface area contributed by atoms with E-state index < -0.39 is 0 Å². The van der Waals surface area contributed by atoms with Crippen molar-refractivity contribution in [2.75, 3.05) is 0 Å². The maximum Gasteiger partial charge on any atom is 0.0491 e. The smallest absolute Gasteiger partial charge is 0.0491 e. The topological polar surface area (TPSA) is 3.24 Å². The third-order valence-electron chi connectivity index (χ3n) is 2.24. The molecule has 0 amide bonds. The van der Waals surface area contributed by atoms with Gasteiger partial charge in [-0.3, -0.25) is 0 Å². The average molecular weight is 205 g/mol. The molecule has 1 aromatic rings. The number of fused-ring (bicyclic) bond motifs is 1. The lowest BCUT2D eigenvalue weighted by atomic mass is 10.1. The number of rotatable bonds is 0. The van der Waals surface area contributed by atoms with Crippen molar-refractivity contribution in [3.05, 3.63) is 36.4 Å². The molecule has 1 aliphatic rings. The molecule has 0 N–H and O–H groups in total. The lowest BCUT2D eigenvalue weighted by Crippen LogP contribution is -2.31. The number of hydrogen-bond donors (Lipinski definition) is 0. The summed E-state index contributed by atoms with van der Waals surface area (Å²) in [5, 5.41) is 0. The van der Waals surface area contributed by atoms with Crippen LogP contribution in [-0.2, 0) is 0 Å². The molecule has 74 valence electrons. The van der Waals surface area contributed by atoms with Gasteiger partial charge in [-0.25, -0.2) is 0 Å². The van der Waals surface area contributed by atoms with Gasteiger partial charge in [-0.1, -0.05) is 24.8 Å². The van der Waals surface area contributed by atoms with Gasteiger partial charge in [-0.2, -0.15) is 0 Å². The molecule has 0 saturated heterocycles. The summed E-state index contributed by atoms with van der Waals surface area (Å²) in [6.07, 6.45) is 0. The molecule has 1 aliphatic heterocycles. The van der Waals surface area contributed by atoms with Crippen LogP contribution < -0.4 is 0 Å². The molecule has 1 heterocycles. The Hall–Kier alpha value is -0.890. The maximum atomic E-state index is 4.15. The SMILES string of the molecule is C=C1c2ccccc2SN1C(C)(C)C. The van der Waals surface area contributed by atoms with E-state index >= 15 is 0 Å². The first kappa shape index (κ1) is 9.66. The van der Waals surface area contributed by atoms with Gasteiger partial charge < -0.3 is 4.31 Å².